The van der Waals surface area contributed by atoms with Crippen molar-refractivity contribution in [3.8, 4) is 0 Å². The van der Waals surface area contributed by atoms with Crippen molar-refractivity contribution in [2.45, 2.75) is 24.5 Å². The summed E-state index contributed by atoms with van der Waals surface area (Å²) in [5, 5.41) is 6.38. The zero-order chi connectivity index (χ0) is 21.9. The number of rotatable bonds is 7. The molecule has 3 rings (SSSR count). The number of carbonyl (C=O) groups is 1. The second-order valence-corrected chi connectivity index (χ2v) is 9.57. The number of sulfonamides is 1. The van der Waals surface area contributed by atoms with Gasteiger partial charge in [0, 0.05) is 11.3 Å². The van der Waals surface area contributed by atoms with Crippen LogP contribution in [0.25, 0.3) is 12.2 Å². The van der Waals surface area contributed by atoms with Crippen molar-refractivity contribution in [1.82, 2.24) is 5.16 Å². The first-order chi connectivity index (χ1) is 14.2. The minimum Gasteiger partial charge on any atom is -0.354 e. The third-order valence-electron chi connectivity index (χ3n) is 3.91. The van der Waals surface area contributed by atoms with Gasteiger partial charge in [-0.15, -0.1) is 11.3 Å². The number of thiophene rings is 1. The Morgan fingerprint density at radius 3 is 2.77 bits per heavy atom. The molecule has 0 aliphatic heterocycles. The van der Waals surface area contributed by atoms with Crippen LogP contribution in [0.1, 0.15) is 29.7 Å². The molecule has 1 amide bonds. The number of hydrogen-bond acceptors (Lipinski definition) is 6. The Kier molecular flexibility index (Phi) is 6.59. The highest BCUT2D eigenvalue weighted by Crippen LogP contribution is 2.28. The number of amides is 1. The Hall–Kier alpha value is -2.69. The number of aryl methyl sites for hydroxylation is 1. The molecule has 0 saturated carbocycles. The Balaban J connectivity index is 1.78. The molecule has 0 bridgehead atoms. The second-order valence-electron chi connectivity index (χ2n) is 6.13. The van der Waals surface area contributed by atoms with Crippen LogP contribution in [0.3, 0.4) is 0 Å². The van der Waals surface area contributed by atoms with Gasteiger partial charge in [0.25, 0.3) is 10.0 Å². The Morgan fingerprint density at radius 2 is 2.07 bits per heavy atom. The first-order valence-corrected chi connectivity index (χ1v) is 11.4. The van der Waals surface area contributed by atoms with E-state index >= 15 is 0 Å². The maximum Gasteiger partial charge on any atom is 0.271 e. The van der Waals surface area contributed by atoms with Crippen LogP contribution < -0.4 is 10.0 Å². The average Bonchev–Trinajstić information content (AvgIpc) is 3.31. The number of benzene rings is 1. The van der Waals surface area contributed by atoms with Gasteiger partial charge in [-0.3, -0.25) is 9.52 Å². The van der Waals surface area contributed by atoms with E-state index in [1.165, 1.54) is 18.2 Å². The largest absolute Gasteiger partial charge is 0.354 e. The molecular formula is C19H17ClFN3O4S2. The van der Waals surface area contributed by atoms with Crippen LogP contribution in [0.15, 0.2) is 39.1 Å². The SMILES string of the molecule is CCC(=O)Nc1c(C)noc1C=Cc1ccc(S(=O)(=O)Nc2ccc(F)c(Cl)c2)s1. The van der Waals surface area contributed by atoms with Crippen LogP contribution in [-0.2, 0) is 14.8 Å². The van der Waals surface area contributed by atoms with Gasteiger partial charge in [-0.05, 0) is 49.4 Å². The third kappa shape index (κ3) is 5.07. The van der Waals surface area contributed by atoms with Crippen LogP contribution in [0, 0.1) is 12.7 Å². The number of halogens is 2. The van der Waals surface area contributed by atoms with Gasteiger partial charge in [-0.25, -0.2) is 12.8 Å². The lowest BCUT2D eigenvalue weighted by Crippen LogP contribution is -2.11. The molecule has 0 spiro atoms. The monoisotopic (exact) mass is 469 g/mol. The van der Waals surface area contributed by atoms with Crippen molar-refractivity contribution in [2.75, 3.05) is 10.0 Å². The molecule has 11 heteroatoms. The van der Waals surface area contributed by atoms with E-state index in [-0.39, 0.29) is 20.8 Å². The molecule has 0 fully saturated rings. The lowest BCUT2D eigenvalue weighted by Gasteiger charge is -2.06. The van der Waals surface area contributed by atoms with Crippen LogP contribution in [0.5, 0.6) is 0 Å². The molecule has 0 atom stereocenters. The minimum atomic E-state index is -3.87. The third-order valence-corrected chi connectivity index (χ3v) is 7.13. The fraction of sp³-hybridized carbons (Fsp3) is 0.158. The van der Waals surface area contributed by atoms with E-state index < -0.39 is 15.8 Å². The summed E-state index contributed by atoms with van der Waals surface area (Å²) in [5.41, 5.74) is 1.16. The quantitative estimate of drug-likeness (QED) is 0.498. The van der Waals surface area contributed by atoms with Gasteiger partial charge in [0.1, 0.15) is 21.4 Å². The van der Waals surface area contributed by atoms with Crippen LogP contribution in [0.4, 0.5) is 15.8 Å². The summed E-state index contributed by atoms with van der Waals surface area (Å²) < 4.78 is 46.0. The standard InChI is InChI=1S/C19H17ClFN3O4S2/c1-3-17(25)22-19-11(2)23-28-16(19)8-5-13-6-9-18(29-13)30(26,27)24-12-4-7-15(21)14(20)10-12/h4-10,24H,3H2,1-2H3,(H,22,25). The topological polar surface area (TPSA) is 101 Å². The molecule has 2 aromatic heterocycles. The zero-order valence-electron chi connectivity index (χ0n) is 15.9. The van der Waals surface area contributed by atoms with Crippen molar-refractivity contribution in [3.05, 3.63) is 57.5 Å². The molecule has 2 N–H and O–H groups in total. The van der Waals surface area contributed by atoms with Gasteiger partial charge in [0.15, 0.2) is 5.76 Å². The summed E-state index contributed by atoms with van der Waals surface area (Å²) in [7, 11) is -3.87. The number of hydrogen-bond donors (Lipinski definition) is 2. The molecule has 0 radical (unpaired) electrons. The number of anilines is 2. The molecule has 0 aliphatic rings. The zero-order valence-corrected chi connectivity index (χ0v) is 18.3. The van der Waals surface area contributed by atoms with E-state index in [9.17, 15) is 17.6 Å². The first-order valence-electron chi connectivity index (χ1n) is 8.71. The van der Waals surface area contributed by atoms with Gasteiger partial charge in [-0.2, -0.15) is 0 Å². The van der Waals surface area contributed by atoms with E-state index in [0.29, 0.717) is 28.4 Å². The van der Waals surface area contributed by atoms with Gasteiger partial charge in [0.05, 0.1) is 10.7 Å². The van der Waals surface area contributed by atoms with Crippen LogP contribution in [0.2, 0.25) is 5.02 Å². The first kappa shape index (κ1) is 22.0. The van der Waals surface area contributed by atoms with Gasteiger partial charge >= 0.3 is 0 Å². The maximum absolute atomic E-state index is 13.3. The summed E-state index contributed by atoms with van der Waals surface area (Å²) in [6, 6.07) is 6.63. The highest BCUT2D eigenvalue weighted by Gasteiger charge is 2.18. The fourth-order valence-electron chi connectivity index (χ4n) is 2.37. The van der Waals surface area contributed by atoms with Gasteiger partial charge < -0.3 is 9.84 Å². The van der Waals surface area contributed by atoms with Crippen molar-refractivity contribution >= 4 is 62.4 Å². The summed E-state index contributed by atoms with van der Waals surface area (Å²) >= 11 is 6.71. The molecular weight excluding hydrogens is 453 g/mol. The summed E-state index contributed by atoms with van der Waals surface area (Å²) in [6.07, 6.45) is 3.56. The highest BCUT2D eigenvalue weighted by atomic mass is 35.5. The molecule has 30 heavy (non-hydrogen) atoms. The second kappa shape index (κ2) is 8.99. The van der Waals surface area contributed by atoms with Crippen molar-refractivity contribution in [1.29, 1.82) is 0 Å². The van der Waals surface area contributed by atoms with Crippen LogP contribution >= 0.6 is 22.9 Å². The lowest BCUT2D eigenvalue weighted by molar-refractivity contribution is -0.115. The molecule has 3 aromatic rings. The molecule has 0 unspecified atom stereocenters. The van der Waals surface area contributed by atoms with Crippen molar-refractivity contribution in [3.63, 3.8) is 0 Å². The summed E-state index contributed by atoms with van der Waals surface area (Å²) in [5.74, 6) is -0.459. The predicted molar refractivity (Wildman–Crippen MR) is 116 cm³/mol. The van der Waals surface area contributed by atoms with Crippen molar-refractivity contribution in [2.24, 2.45) is 0 Å². The van der Waals surface area contributed by atoms with Gasteiger partial charge in [0.2, 0.25) is 5.91 Å². The van der Waals surface area contributed by atoms with Crippen molar-refractivity contribution < 1.29 is 22.1 Å². The van der Waals surface area contributed by atoms with Crippen LogP contribution in [-0.4, -0.2) is 19.5 Å². The molecule has 0 aliphatic carbocycles. The smallest absolute Gasteiger partial charge is 0.271 e. The van der Waals surface area contributed by atoms with E-state index in [1.54, 1.807) is 32.1 Å². The molecule has 0 saturated heterocycles. The number of nitrogens with one attached hydrogen (secondary N) is 2. The van der Waals surface area contributed by atoms with Gasteiger partial charge in [-0.1, -0.05) is 23.7 Å². The number of nitrogens with zero attached hydrogens (tertiary/aromatic N) is 1. The lowest BCUT2D eigenvalue weighted by atomic mass is 10.2. The van der Waals surface area contributed by atoms with E-state index in [4.69, 9.17) is 16.1 Å². The summed E-state index contributed by atoms with van der Waals surface area (Å²) in [4.78, 5) is 12.3. The average molecular weight is 470 g/mol. The van der Waals surface area contributed by atoms with E-state index in [1.807, 2.05) is 0 Å². The Labute approximate surface area is 181 Å². The molecule has 158 valence electrons. The predicted octanol–water partition coefficient (Wildman–Crippen LogP) is 5.16. The highest BCUT2D eigenvalue weighted by molar-refractivity contribution is 7.94. The summed E-state index contributed by atoms with van der Waals surface area (Å²) in [6.45, 7) is 3.44. The number of carbonyl (C=O) groups excluding carboxylic acids is 1. The number of aromatic nitrogens is 1. The normalized spacial score (nSPS) is 11.7. The minimum absolute atomic E-state index is 0.0656. The Bertz CT molecular complexity index is 1220. The Morgan fingerprint density at radius 1 is 1.30 bits per heavy atom. The molecule has 2 heterocycles. The van der Waals surface area contributed by atoms with E-state index in [2.05, 4.69) is 15.2 Å². The molecule has 1 aromatic carbocycles. The molecule has 7 nitrogen and oxygen atoms in total. The fourth-order valence-corrected chi connectivity index (χ4v) is 4.83. The maximum atomic E-state index is 13.3. The van der Waals surface area contributed by atoms with E-state index in [0.717, 1.165) is 17.4 Å².